The van der Waals surface area contributed by atoms with Gasteiger partial charge in [-0.1, -0.05) is 30.3 Å². The molecule has 0 atom stereocenters. The molecule has 5 rings (SSSR count). The maximum atomic E-state index is 12.8. The van der Waals surface area contributed by atoms with E-state index in [1.54, 1.807) is 6.07 Å². The third-order valence-corrected chi connectivity index (χ3v) is 5.59. The van der Waals surface area contributed by atoms with Crippen LogP contribution in [0.25, 0.3) is 33.3 Å². The van der Waals surface area contributed by atoms with Crippen LogP contribution in [0, 0.1) is 6.92 Å². The van der Waals surface area contributed by atoms with Gasteiger partial charge in [0.1, 0.15) is 11.2 Å². The second-order valence-corrected chi connectivity index (χ2v) is 7.66. The molecule has 0 saturated carbocycles. The Morgan fingerprint density at radius 2 is 1.79 bits per heavy atom. The topological polar surface area (TPSA) is 72.5 Å². The standard InChI is InChI=1S/C23H15NO4S/c1-13-8-9-14-16(12-20(25)27-18(14)11-13)22-21(15-5-2-3-6-17(15)28-22)24-23(26)19-7-4-10-29-19/h2-12H,1H3,(H,24,26). The van der Waals surface area contributed by atoms with Gasteiger partial charge in [0.05, 0.1) is 10.6 Å². The minimum Gasteiger partial charge on any atom is -0.454 e. The Balaban J connectivity index is 1.77. The SMILES string of the molecule is Cc1ccc2c(-c3oc4ccccc4c3NC(=O)c3cccs3)cc(=O)oc2c1. The van der Waals surface area contributed by atoms with Crippen molar-refractivity contribution >= 4 is 44.9 Å². The molecule has 0 spiro atoms. The lowest BCUT2D eigenvalue weighted by Crippen LogP contribution is -2.10. The van der Waals surface area contributed by atoms with Gasteiger partial charge in [-0.25, -0.2) is 4.79 Å². The predicted molar refractivity (Wildman–Crippen MR) is 115 cm³/mol. The number of para-hydroxylation sites is 1. The Kier molecular flexibility index (Phi) is 4.07. The van der Waals surface area contributed by atoms with E-state index in [9.17, 15) is 9.59 Å². The van der Waals surface area contributed by atoms with Crippen molar-refractivity contribution in [3.63, 3.8) is 0 Å². The molecule has 0 aliphatic rings. The molecule has 0 aliphatic heterocycles. The molecule has 5 nitrogen and oxygen atoms in total. The van der Waals surface area contributed by atoms with Crippen LogP contribution in [0.5, 0.6) is 0 Å². The summed E-state index contributed by atoms with van der Waals surface area (Å²) in [4.78, 5) is 25.6. The van der Waals surface area contributed by atoms with Crippen LogP contribution in [0.1, 0.15) is 15.2 Å². The summed E-state index contributed by atoms with van der Waals surface area (Å²) < 4.78 is 11.5. The monoisotopic (exact) mass is 401 g/mol. The largest absolute Gasteiger partial charge is 0.454 e. The molecule has 5 aromatic rings. The first kappa shape index (κ1) is 17.5. The molecular formula is C23H15NO4S. The number of nitrogens with one attached hydrogen (secondary N) is 1. The fourth-order valence-corrected chi connectivity index (χ4v) is 4.02. The van der Waals surface area contributed by atoms with Crippen molar-refractivity contribution in [2.24, 2.45) is 0 Å². The van der Waals surface area contributed by atoms with Gasteiger partial charge in [-0.15, -0.1) is 11.3 Å². The highest BCUT2D eigenvalue weighted by Crippen LogP contribution is 2.40. The Hall–Kier alpha value is -3.64. The quantitative estimate of drug-likeness (QED) is 0.386. The number of carbonyl (C=O) groups is 1. The number of furan rings is 1. The highest BCUT2D eigenvalue weighted by molar-refractivity contribution is 7.12. The summed E-state index contributed by atoms with van der Waals surface area (Å²) in [5, 5.41) is 6.33. The third kappa shape index (κ3) is 3.03. The fourth-order valence-electron chi connectivity index (χ4n) is 3.40. The molecule has 0 fully saturated rings. The molecule has 1 N–H and O–H groups in total. The maximum absolute atomic E-state index is 12.8. The first-order valence-corrected chi connectivity index (χ1v) is 9.89. The number of amides is 1. The zero-order chi connectivity index (χ0) is 20.0. The van der Waals surface area contributed by atoms with E-state index in [0.29, 0.717) is 33.1 Å². The van der Waals surface area contributed by atoms with Crippen molar-refractivity contribution in [3.05, 3.63) is 86.9 Å². The van der Waals surface area contributed by atoms with Crippen LogP contribution in [0.3, 0.4) is 0 Å². The van der Waals surface area contributed by atoms with E-state index in [1.165, 1.54) is 17.4 Å². The van der Waals surface area contributed by atoms with E-state index in [1.807, 2.05) is 60.8 Å². The number of carbonyl (C=O) groups excluding carboxylic acids is 1. The van der Waals surface area contributed by atoms with Gasteiger partial charge < -0.3 is 14.2 Å². The predicted octanol–water partition coefficient (Wildman–Crippen LogP) is 5.83. The van der Waals surface area contributed by atoms with Crippen LogP contribution in [-0.4, -0.2) is 5.91 Å². The summed E-state index contributed by atoms with van der Waals surface area (Å²) in [6, 6.07) is 18.1. The van der Waals surface area contributed by atoms with E-state index in [0.717, 1.165) is 16.3 Å². The molecule has 6 heteroatoms. The van der Waals surface area contributed by atoms with E-state index in [2.05, 4.69) is 5.32 Å². The van der Waals surface area contributed by atoms with Crippen LogP contribution in [0.4, 0.5) is 5.69 Å². The lowest BCUT2D eigenvalue weighted by atomic mass is 10.0. The molecule has 2 aromatic carbocycles. The lowest BCUT2D eigenvalue weighted by Gasteiger charge is -2.08. The summed E-state index contributed by atoms with van der Waals surface area (Å²) in [6.07, 6.45) is 0. The average molecular weight is 401 g/mol. The number of anilines is 1. The summed E-state index contributed by atoms with van der Waals surface area (Å²) in [6.45, 7) is 1.93. The lowest BCUT2D eigenvalue weighted by molar-refractivity contribution is 0.103. The van der Waals surface area contributed by atoms with Crippen molar-refractivity contribution in [1.82, 2.24) is 0 Å². The van der Waals surface area contributed by atoms with E-state index in [-0.39, 0.29) is 5.91 Å². The fraction of sp³-hybridized carbons (Fsp3) is 0.0435. The van der Waals surface area contributed by atoms with Crippen LogP contribution in [0.15, 0.2) is 79.7 Å². The number of thiophene rings is 1. The van der Waals surface area contributed by atoms with Gasteiger partial charge in [0.25, 0.3) is 5.91 Å². The zero-order valence-corrected chi connectivity index (χ0v) is 16.2. The normalized spacial score (nSPS) is 11.2. The maximum Gasteiger partial charge on any atom is 0.336 e. The van der Waals surface area contributed by atoms with Gasteiger partial charge in [0, 0.05) is 22.4 Å². The van der Waals surface area contributed by atoms with Gasteiger partial charge in [-0.2, -0.15) is 0 Å². The molecule has 0 bridgehead atoms. The highest BCUT2D eigenvalue weighted by atomic mass is 32.1. The highest BCUT2D eigenvalue weighted by Gasteiger charge is 2.21. The molecule has 142 valence electrons. The number of benzene rings is 2. The number of aryl methyl sites for hydroxylation is 1. The Labute approximate surface area is 169 Å². The summed E-state index contributed by atoms with van der Waals surface area (Å²) >= 11 is 1.36. The van der Waals surface area contributed by atoms with Crippen molar-refractivity contribution < 1.29 is 13.6 Å². The molecule has 0 saturated heterocycles. The molecule has 0 radical (unpaired) electrons. The smallest absolute Gasteiger partial charge is 0.336 e. The van der Waals surface area contributed by atoms with Gasteiger partial charge in [0.2, 0.25) is 0 Å². The number of hydrogen-bond donors (Lipinski definition) is 1. The molecule has 29 heavy (non-hydrogen) atoms. The third-order valence-electron chi connectivity index (χ3n) is 4.72. The van der Waals surface area contributed by atoms with Crippen molar-refractivity contribution in [1.29, 1.82) is 0 Å². The first-order valence-electron chi connectivity index (χ1n) is 9.01. The number of rotatable bonds is 3. The van der Waals surface area contributed by atoms with Gasteiger partial charge >= 0.3 is 5.63 Å². The van der Waals surface area contributed by atoms with E-state index < -0.39 is 5.63 Å². The zero-order valence-electron chi connectivity index (χ0n) is 15.4. The Bertz CT molecular complexity index is 1430. The van der Waals surface area contributed by atoms with Crippen molar-refractivity contribution in [3.8, 4) is 11.3 Å². The molecular weight excluding hydrogens is 386 g/mol. The molecule has 0 unspecified atom stereocenters. The van der Waals surface area contributed by atoms with Gasteiger partial charge in [-0.05, 0) is 42.1 Å². The van der Waals surface area contributed by atoms with E-state index >= 15 is 0 Å². The minimum atomic E-state index is -0.478. The van der Waals surface area contributed by atoms with Crippen molar-refractivity contribution in [2.45, 2.75) is 6.92 Å². The molecule has 1 amide bonds. The van der Waals surface area contributed by atoms with Crippen LogP contribution >= 0.6 is 11.3 Å². The minimum absolute atomic E-state index is 0.226. The summed E-state index contributed by atoms with van der Waals surface area (Å²) in [5.74, 6) is 0.203. The second-order valence-electron chi connectivity index (χ2n) is 6.71. The molecule has 0 aliphatic carbocycles. The molecule has 3 heterocycles. The number of fused-ring (bicyclic) bond motifs is 2. The summed E-state index contributed by atoms with van der Waals surface area (Å²) in [7, 11) is 0. The van der Waals surface area contributed by atoms with Gasteiger partial charge in [-0.3, -0.25) is 4.79 Å². The average Bonchev–Trinajstić information content (AvgIpc) is 3.36. The first-order chi connectivity index (χ1) is 14.1. The summed E-state index contributed by atoms with van der Waals surface area (Å²) in [5.41, 5.74) is 2.71. The Morgan fingerprint density at radius 3 is 2.62 bits per heavy atom. The van der Waals surface area contributed by atoms with Gasteiger partial charge in [0.15, 0.2) is 5.76 Å². The van der Waals surface area contributed by atoms with E-state index in [4.69, 9.17) is 8.83 Å². The van der Waals surface area contributed by atoms with Crippen LogP contribution in [0.2, 0.25) is 0 Å². The number of hydrogen-bond acceptors (Lipinski definition) is 5. The van der Waals surface area contributed by atoms with Crippen LogP contribution < -0.4 is 10.9 Å². The van der Waals surface area contributed by atoms with Crippen molar-refractivity contribution in [2.75, 3.05) is 5.32 Å². The second kappa shape index (κ2) is 6.76. The Morgan fingerprint density at radius 1 is 0.931 bits per heavy atom. The molecule has 3 aromatic heterocycles. The van der Waals surface area contributed by atoms with Crippen LogP contribution in [-0.2, 0) is 0 Å².